The van der Waals surface area contributed by atoms with Gasteiger partial charge in [-0.25, -0.2) is 0 Å². The van der Waals surface area contributed by atoms with Crippen molar-refractivity contribution < 1.29 is 5.11 Å². The first-order chi connectivity index (χ1) is 8.16. The van der Waals surface area contributed by atoms with Crippen LogP contribution in [0.3, 0.4) is 0 Å². The summed E-state index contributed by atoms with van der Waals surface area (Å²) in [6, 6.07) is 13.3. The van der Waals surface area contributed by atoms with E-state index in [9.17, 15) is 5.11 Å². The highest BCUT2D eigenvalue weighted by Crippen LogP contribution is 2.25. The monoisotopic (exact) mass is 228 g/mol. The molecule has 3 nitrogen and oxygen atoms in total. The minimum atomic E-state index is -1.24. The molecule has 88 valence electrons. The van der Waals surface area contributed by atoms with Gasteiger partial charge < -0.3 is 5.11 Å². The number of hydrogen-bond acceptors (Lipinski definition) is 3. The van der Waals surface area contributed by atoms with Crippen LogP contribution in [-0.4, -0.2) is 17.1 Å². The van der Waals surface area contributed by atoms with E-state index in [2.05, 4.69) is 10.3 Å². The van der Waals surface area contributed by atoms with Gasteiger partial charge >= 0.3 is 0 Å². The van der Waals surface area contributed by atoms with E-state index in [0.29, 0.717) is 5.69 Å². The van der Waals surface area contributed by atoms with E-state index in [4.69, 9.17) is 0 Å². The van der Waals surface area contributed by atoms with Gasteiger partial charge in [-0.05, 0) is 26.1 Å². The molecule has 2 rings (SSSR count). The SMILES string of the molecule is CNC(O)(c1cccc(C)c1)c1ccccn1. The van der Waals surface area contributed by atoms with Crippen molar-refractivity contribution in [1.29, 1.82) is 0 Å². The van der Waals surface area contributed by atoms with Crippen molar-refractivity contribution in [1.82, 2.24) is 10.3 Å². The largest absolute Gasteiger partial charge is 0.366 e. The summed E-state index contributed by atoms with van der Waals surface area (Å²) in [6.07, 6.45) is 1.67. The van der Waals surface area contributed by atoms with Crippen LogP contribution in [0.4, 0.5) is 0 Å². The highest BCUT2D eigenvalue weighted by atomic mass is 16.3. The molecule has 0 radical (unpaired) electrons. The third kappa shape index (κ3) is 2.20. The summed E-state index contributed by atoms with van der Waals surface area (Å²) in [5, 5.41) is 13.6. The number of pyridine rings is 1. The second kappa shape index (κ2) is 4.65. The number of aryl methyl sites for hydroxylation is 1. The Morgan fingerprint density at radius 2 is 2.00 bits per heavy atom. The van der Waals surface area contributed by atoms with Crippen LogP contribution in [-0.2, 0) is 5.72 Å². The molecule has 0 bridgehead atoms. The Labute approximate surface area is 101 Å². The Morgan fingerprint density at radius 1 is 1.18 bits per heavy atom. The summed E-state index contributed by atoms with van der Waals surface area (Å²) in [4.78, 5) is 4.22. The van der Waals surface area contributed by atoms with Crippen LogP contribution in [0.15, 0.2) is 48.7 Å². The summed E-state index contributed by atoms with van der Waals surface area (Å²) >= 11 is 0. The second-order valence-electron chi connectivity index (χ2n) is 4.04. The van der Waals surface area contributed by atoms with Gasteiger partial charge in [-0.15, -0.1) is 0 Å². The van der Waals surface area contributed by atoms with Crippen molar-refractivity contribution in [2.75, 3.05) is 7.05 Å². The third-order valence-corrected chi connectivity index (χ3v) is 2.83. The normalized spacial score (nSPS) is 14.3. The third-order valence-electron chi connectivity index (χ3n) is 2.83. The fraction of sp³-hybridized carbons (Fsp3) is 0.214. The molecule has 0 fully saturated rings. The molecule has 0 aliphatic carbocycles. The van der Waals surface area contributed by atoms with Crippen LogP contribution in [0.2, 0.25) is 0 Å². The van der Waals surface area contributed by atoms with E-state index in [-0.39, 0.29) is 0 Å². The van der Waals surface area contributed by atoms with Crippen molar-refractivity contribution in [2.24, 2.45) is 0 Å². The van der Waals surface area contributed by atoms with E-state index in [1.54, 1.807) is 19.3 Å². The zero-order chi connectivity index (χ0) is 12.3. The molecule has 2 N–H and O–H groups in total. The molecule has 1 aromatic heterocycles. The maximum atomic E-state index is 10.7. The first kappa shape index (κ1) is 11.8. The van der Waals surface area contributed by atoms with Crippen molar-refractivity contribution in [2.45, 2.75) is 12.6 Å². The summed E-state index contributed by atoms with van der Waals surface area (Å²) in [5.74, 6) is 0. The zero-order valence-electron chi connectivity index (χ0n) is 10.0. The average molecular weight is 228 g/mol. The molecule has 1 aromatic carbocycles. The predicted molar refractivity (Wildman–Crippen MR) is 67.5 cm³/mol. The minimum absolute atomic E-state index is 0.591. The van der Waals surface area contributed by atoms with Gasteiger partial charge in [-0.2, -0.15) is 0 Å². The van der Waals surface area contributed by atoms with Crippen LogP contribution in [0.25, 0.3) is 0 Å². The van der Waals surface area contributed by atoms with Crippen molar-refractivity contribution in [3.8, 4) is 0 Å². The van der Waals surface area contributed by atoms with Crippen LogP contribution < -0.4 is 5.32 Å². The molecule has 0 aliphatic heterocycles. The smallest absolute Gasteiger partial charge is 0.185 e. The number of aliphatic hydroxyl groups is 1. The van der Waals surface area contributed by atoms with Gasteiger partial charge in [-0.1, -0.05) is 35.9 Å². The van der Waals surface area contributed by atoms with Gasteiger partial charge in [0, 0.05) is 11.8 Å². The van der Waals surface area contributed by atoms with Gasteiger partial charge in [0.15, 0.2) is 5.72 Å². The van der Waals surface area contributed by atoms with Crippen LogP contribution in [0.5, 0.6) is 0 Å². The predicted octanol–water partition coefficient (Wildman–Crippen LogP) is 1.80. The Bertz CT molecular complexity index is 499. The number of hydrogen-bond donors (Lipinski definition) is 2. The van der Waals surface area contributed by atoms with Crippen LogP contribution in [0.1, 0.15) is 16.8 Å². The molecule has 0 saturated carbocycles. The molecule has 1 atom stereocenters. The first-order valence-electron chi connectivity index (χ1n) is 5.57. The highest BCUT2D eigenvalue weighted by molar-refractivity contribution is 5.33. The molecule has 0 spiro atoms. The molecule has 1 heterocycles. The molecule has 3 heteroatoms. The first-order valence-corrected chi connectivity index (χ1v) is 5.57. The summed E-state index contributed by atoms with van der Waals surface area (Å²) in [6.45, 7) is 2.00. The van der Waals surface area contributed by atoms with E-state index in [0.717, 1.165) is 11.1 Å². The molecule has 0 amide bonds. The fourth-order valence-electron chi connectivity index (χ4n) is 1.87. The molecule has 0 saturated heterocycles. The molecule has 17 heavy (non-hydrogen) atoms. The minimum Gasteiger partial charge on any atom is -0.366 e. The lowest BCUT2D eigenvalue weighted by Gasteiger charge is -2.27. The van der Waals surface area contributed by atoms with Gasteiger partial charge in [-0.3, -0.25) is 10.3 Å². The number of nitrogens with zero attached hydrogens (tertiary/aromatic N) is 1. The fourth-order valence-corrected chi connectivity index (χ4v) is 1.87. The molecule has 1 unspecified atom stereocenters. The molecule has 0 aliphatic rings. The summed E-state index contributed by atoms with van der Waals surface area (Å²) in [5.41, 5.74) is 1.24. The Hall–Kier alpha value is -1.71. The van der Waals surface area contributed by atoms with Crippen LogP contribution >= 0.6 is 0 Å². The summed E-state index contributed by atoms with van der Waals surface area (Å²) in [7, 11) is 1.72. The van der Waals surface area contributed by atoms with E-state index in [1.807, 2.05) is 43.3 Å². The number of rotatable bonds is 3. The quantitative estimate of drug-likeness (QED) is 0.787. The van der Waals surface area contributed by atoms with Crippen molar-refractivity contribution >= 4 is 0 Å². The van der Waals surface area contributed by atoms with E-state index < -0.39 is 5.72 Å². The van der Waals surface area contributed by atoms with Gasteiger partial charge in [0.1, 0.15) is 0 Å². The Morgan fingerprint density at radius 3 is 2.59 bits per heavy atom. The lowest BCUT2D eigenvalue weighted by molar-refractivity contribution is 0.0471. The van der Waals surface area contributed by atoms with Crippen molar-refractivity contribution in [3.63, 3.8) is 0 Å². The lowest BCUT2D eigenvalue weighted by atomic mass is 9.97. The van der Waals surface area contributed by atoms with E-state index >= 15 is 0 Å². The topological polar surface area (TPSA) is 45.1 Å². The van der Waals surface area contributed by atoms with E-state index in [1.165, 1.54) is 0 Å². The van der Waals surface area contributed by atoms with Gasteiger partial charge in [0.25, 0.3) is 0 Å². The number of nitrogens with one attached hydrogen (secondary N) is 1. The van der Waals surface area contributed by atoms with Gasteiger partial charge in [0.05, 0.1) is 5.69 Å². The number of benzene rings is 1. The van der Waals surface area contributed by atoms with Crippen molar-refractivity contribution in [3.05, 3.63) is 65.5 Å². The second-order valence-corrected chi connectivity index (χ2v) is 4.04. The highest BCUT2D eigenvalue weighted by Gasteiger charge is 2.30. The standard InChI is InChI=1S/C14H16N2O/c1-11-6-5-7-12(10-11)14(17,15-2)13-8-3-4-9-16-13/h3-10,15,17H,1-2H3. The lowest BCUT2D eigenvalue weighted by Crippen LogP contribution is -2.41. The zero-order valence-corrected chi connectivity index (χ0v) is 10.0. The van der Waals surface area contributed by atoms with Crippen LogP contribution in [0, 0.1) is 6.92 Å². The van der Waals surface area contributed by atoms with Gasteiger partial charge in [0.2, 0.25) is 0 Å². The maximum absolute atomic E-state index is 10.7. The molecule has 2 aromatic rings. The average Bonchev–Trinajstić information content (AvgIpc) is 2.39. The Balaban J connectivity index is 2.52. The number of aromatic nitrogens is 1. The molecular weight excluding hydrogens is 212 g/mol. The Kier molecular flexibility index (Phi) is 3.22. The summed E-state index contributed by atoms with van der Waals surface area (Å²) < 4.78 is 0. The maximum Gasteiger partial charge on any atom is 0.185 e. The molecular formula is C14H16N2O.